The van der Waals surface area contributed by atoms with Crippen LogP contribution in [-0.2, 0) is 33.2 Å². The fourth-order valence-corrected chi connectivity index (χ4v) is 12.1. The second kappa shape index (κ2) is 48.6. The summed E-state index contributed by atoms with van der Waals surface area (Å²) in [6, 6.07) is -0.881. The van der Waals surface area contributed by atoms with Gasteiger partial charge in [0.2, 0.25) is 5.91 Å². The molecule has 498 valence electrons. The van der Waals surface area contributed by atoms with Crippen molar-refractivity contribution in [3.05, 3.63) is 0 Å². The maximum Gasteiger partial charge on any atom is 0.220 e. The fourth-order valence-electron chi connectivity index (χ4n) is 12.1. The highest BCUT2D eigenvalue weighted by molar-refractivity contribution is 5.76. The number of aliphatic hydroxyl groups excluding tert-OH is 11. The molecule has 0 saturated carbocycles. The topological polar surface area (TPSA) is 307 Å². The van der Waals surface area contributed by atoms with Crippen molar-refractivity contribution in [3.63, 3.8) is 0 Å². The van der Waals surface area contributed by atoms with E-state index in [0.29, 0.717) is 12.8 Å². The summed E-state index contributed by atoms with van der Waals surface area (Å²) >= 11 is 0. The Morgan fingerprint density at radius 2 is 0.679 bits per heavy atom. The molecule has 17 unspecified atom stereocenters. The van der Waals surface area contributed by atoms with E-state index in [4.69, 9.17) is 28.4 Å². The summed E-state index contributed by atoms with van der Waals surface area (Å²) in [4.78, 5) is 13.4. The van der Waals surface area contributed by atoms with Gasteiger partial charge in [-0.25, -0.2) is 0 Å². The number of hydrogen-bond donors (Lipinski definition) is 12. The number of hydrogen-bond acceptors (Lipinski definition) is 18. The number of aliphatic hydroxyl groups is 11. The zero-order chi connectivity index (χ0) is 61.2. The third-order valence-corrected chi connectivity index (χ3v) is 17.7. The van der Waals surface area contributed by atoms with E-state index in [9.17, 15) is 61.0 Å². The van der Waals surface area contributed by atoms with Crippen molar-refractivity contribution in [1.29, 1.82) is 0 Å². The monoisotopic (exact) mass is 1210 g/mol. The van der Waals surface area contributed by atoms with Gasteiger partial charge in [0.1, 0.15) is 73.2 Å². The average Bonchev–Trinajstić information content (AvgIpc) is 3.10. The zero-order valence-electron chi connectivity index (χ0n) is 52.4. The molecule has 0 bridgehead atoms. The molecule has 12 N–H and O–H groups in total. The van der Waals surface area contributed by atoms with E-state index in [1.54, 1.807) is 0 Å². The molecule has 3 aliphatic rings. The number of unbranched alkanes of at least 4 members (excludes halogenated alkanes) is 37. The Hall–Kier alpha value is -1.21. The Balaban J connectivity index is 1.42. The summed E-state index contributed by atoms with van der Waals surface area (Å²) in [6.45, 7) is 1.83. The number of amides is 1. The molecule has 0 radical (unpaired) electrons. The van der Waals surface area contributed by atoms with Crippen LogP contribution in [0.15, 0.2) is 0 Å². The lowest BCUT2D eigenvalue weighted by atomic mass is 9.96. The lowest BCUT2D eigenvalue weighted by Crippen LogP contribution is -2.66. The van der Waals surface area contributed by atoms with Crippen molar-refractivity contribution in [3.8, 4) is 0 Å². The van der Waals surface area contributed by atoms with Crippen LogP contribution in [0.4, 0.5) is 0 Å². The third kappa shape index (κ3) is 31.0. The van der Waals surface area contributed by atoms with E-state index in [1.165, 1.54) is 199 Å². The second-order valence-corrected chi connectivity index (χ2v) is 25.0. The number of ether oxygens (including phenoxy) is 6. The SMILES string of the molecule is CCCCCCCCCCCCCCCCCCCCCCCCCCC(=O)NC(COC1OC(CO)C(OC2OC(CO)C(OC3OC(CO)C(O)C(O)C3O)C(O)C2O)C(O)C1O)C(O)CCCCCCCCCCCCCCCCC. The van der Waals surface area contributed by atoms with Crippen molar-refractivity contribution in [2.75, 3.05) is 26.4 Å². The van der Waals surface area contributed by atoms with Gasteiger partial charge in [-0.2, -0.15) is 0 Å². The number of carbonyl (C=O) groups is 1. The molecule has 19 heteroatoms. The fraction of sp³-hybridized carbons (Fsp3) is 0.985. The third-order valence-electron chi connectivity index (χ3n) is 17.7. The molecule has 0 aromatic heterocycles. The van der Waals surface area contributed by atoms with E-state index in [0.717, 1.165) is 44.9 Å². The molecular weight excluding hydrogens is 1080 g/mol. The van der Waals surface area contributed by atoms with Gasteiger partial charge in [-0.05, 0) is 12.8 Å². The molecule has 3 heterocycles. The molecule has 17 atom stereocenters. The van der Waals surface area contributed by atoms with Gasteiger partial charge in [-0.3, -0.25) is 4.79 Å². The van der Waals surface area contributed by atoms with E-state index >= 15 is 0 Å². The Kier molecular flexibility index (Phi) is 44.6. The van der Waals surface area contributed by atoms with E-state index < -0.39 is 124 Å². The molecule has 3 saturated heterocycles. The standard InChI is InChI=1S/C65H125NO18/c1-3-5-7-9-11-13-15-17-19-20-21-22-23-24-25-26-27-29-31-33-35-37-39-41-43-53(71)66-48(49(70)42-40-38-36-34-32-30-28-18-16-14-12-10-8-6-4-2)47-79-63-59(77)56(74)61(51(45-68)81-63)84-65-60(78)57(75)62(52(46-69)82-65)83-64-58(76)55(73)54(72)50(44-67)80-64/h48-52,54-65,67-70,72-78H,3-47H2,1-2H3,(H,66,71). The summed E-state index contributed by atoms with van der Waals surface area (Å²) in [7, 11) is 0. The minimum Gasteiger partial charge on any atom is -0.394 e. The maximum absolute atomic E-state index is 13.4. The predicted octanol–water partition coefficient (Wildman–Crippen LogP) is 8.33. The van der Waals surface area contributed by atoms with Gasteiger partial charge in [0.15, 0.2) is 18.9 Å². The quantitative estimate of drug-likeness (QED) is 0.0255. The van der Waals surface area contributed by atoms with Crippen LogP contribution in [0.3, 0.4) is 0 Å². The normalized spacial score (nSPS) is 29.1. The van der Waals surface area contributed by atoms with Gasteiger partial charge in [0.05, 0.1) is 38.6 Å². The summed E-state index contributed by atoms with van der Waals surface area (Å²) in [5, 5.41) is 121. The van der Waals surface area contributed by atoms with Crippen LogP contribution in [0.5, 0.6) is 0 Å². The highest BCUT2D eigenvalue weighted by Gasteiger charge is 2.53. The molecule has 3 rings (SSSR count). The van der Waals surface area contributed by atoms with Gasteiger partial charge in [-0.1, -0.05) is 258 Å². The highest BCUT2D eigenvalue weighted by atomic mass is 16.8. The van der Waals surface area contributed by atoms with Crippen LogP contribution in [-0.4, -0.2) is 193 Å². The maximum atomic E-state index is 13.4. The lowest BCUT2D eigenvalue weighted by Gasteiger charge is -2.48. The Bertz CT molecular complexity index is 1540. The van der Waals surface area contributed by atoms with Gasteiger partial charge in [0, 0.05) is 6.42 Å². The number of rotatable bonds is 53. The van der Waals surface area contributed by atoms with Crippen LogP contribution in [0.2, 0.25) is 0 Å². The smallest absolute Gasteiger partial charge is 0.220 e. The first-order valence-electron chi connectivity index (χ1n) is 34.3. The molecule has 0 aromatic carbocycles. The predicted molar refractivity (Wildman–Crippen MR) is 324 cm³/mol. The molecule has 19 nitrogen and oxygen atoms in total. The number of nitrogens with one attached hydrogen (secondary N) is 1. The van der Waals surface area contributed by atoms with Crippen LogP contribution in [0.25, 0.3) is 0 Å². The first kappa shape index (κ1) is 77.0. The van der Waals surface area contributed by atoms with Crippen LogP contribution < -0.4 is 5.32 Å². The van der Waals surface area contributed by atoms with Crippen LogP contribution in [0.1, 0.15) is 277 Å². The molecule has 0 aliphatic carbocycles. The molecule has 3 aliphatic heterocycles. The Labute approximate surface area is 506 Å². The van der Waals surface area contributed by atoms with E-state index in [2.05, 4.69) is 19.2 Å². The minimum absolute atomic E-state index is 0.236. The van der Waals surface area contributed by atoms with Crippen LogP contribution in [0, 0.1) is 0 Å². The van der Waals surface area contributed by atoms with Crippen molar-refractivity contribution in [1.82, 2.24) is 5.32 Å². The zero-order valence-corrected chi connectivity index (χ0v) is 52.4. The van der Waals surface area contributed by atoms with Crippen LogP contribution >= 0.6 is 0 Å². The second-order valence-electron chi connectivity index (χ2n) is 25.0. The summed E-state index contributed by atoms with van der Waals surface area (Å²) in [6.07, 6.45) is 23.3. The van der Waals surface area contributed by atoms with Crippen molar-refractivity contribution < 1.29 is 89.4 Å². The average molecular weight is 1210 g/mol. The van der Waals surface area contributed by atoms with Gasteiger partial charge in [0.25, 0.3) is 0 Å². The molecule has 0 spiro atoms. The van der Waals surface area contributed by atoms with Gasteiger partial charge in [-0.15, -0.1) is 0 Å². The van der Waals surface area contributed by atoms with Crippen molar-refractivity contribution in [2.45, 2.75) is 381 Å². The Morgan fingerprint density at radius 3 is 1.04 bits per heavy atom. The lowest BCUT2D eigenvalue weighted by molar-refractivity contribution is -0.379. The molecule has 84 heavy (non-hydrogen) atoms. The molecular formula is C65H125NO18. The Morgan fingerprint density at radius 1 is 0.381 bits per heavy atom. The first-order chi connectivity index (χ1) is 40.8. The summed E-state index contributed by atoms with van der Waals surface area (Å²) in [5.74, 6) is -0.236. The summed E-state index contributed by atoms with van der Waals surface area (Å²) in [5.41, 5.74) is 0. The molecule has 0 aromatic rings. The van der Waals surface area contributed by atoms with Crippen molar-refractivity contribution in [2.24, 2.45) is 0 Å². The molecule has 1 amide bonds. The van der Waals surface area contributed by atoms with E-state index in [-0.39, 0.29) is 18.9 Å². The molecule has 3 fully saturated rings. The number of carbonyl (C=O) groups excluding carboxylic acids is 1. The highest BCUT2D eigenvalue weighted by Crippen LogP contribution is 2.33. The first-order valence-corrected chi connectivity index (χ1v) is 34.3. The van der Waals surface area contributed by atoms with Gasteiger partial charge >= 0.3 is 0 Å². The van der Waals surface area contributed by atoms with E-state index in [1.807, 2.05) is 0 Å². The summed E-state index contributed by atoms with van der Waals surface area (Å²) < 4.78 is 34.4. The minimum atomic E-state index is -1.97. The largest absolute Gasteiger partial charge is 0.394 e. The van der Waals surface area contributed by atoms with Crippen molar-refractivity contribution >= 4 is 5.91 Å². The van der Waals surface area contributed by atoms with Gasteiger partial charge < -0.3 is 89.9 Å².